The van der Waals surface area contributed by atoms with E-state index in [1.807, 2.05) is 31.2 Å². The highest BCUT2D eigenvalue weighted by atomic mass is 32.2. The van der Waals surface area contributed by atoms with Gasteiger partial charge in [-0.25, -0.2) is 0 Å². The van der Waals surface area contributed by atoms with Crippen LogP contribution in [-0.4, -0.2) is 34.2 Å². The maximum absolute atomic E-state index is 8.95. The highest BCUT2D eigenvalue weighted by Gasteiger charge is 2.10. The van der Waals surface area contributed by atoms with Gasteiger partial charge in [0.25, 0.3) is 0 Å². The summed E-state index contributed by atoms with van der Waals surface area (Å²) < 4.78 is 10.3. The topological polar surface area (TPSA) is 68.4 Å². The minimum Gasteiger partial charge on any atom is -0.497 e. The zero-order valence-corrected chi connectivity index (χ0v) is 11.7. The van der Waals surface area contributed by atoms with Gasteiger partial charge < -0.3 is 14.4 Å². The average molecular weight is 280 g/mol. The summed E-state index contributed by atoms with van der Waals surface area (Å²) in [6, 6.07) is 7.48. The lowest BCUT2D eigenvalue weighted by atomic mass is 10.2. The van der Waals surface area contributed by atoms with Crippen molar-refractivity contribution in [3.8, 4) is 17.1 Å². The van der Waals surface area contributed by atoms with Gasteiger partial charge in [-0.15, -0.1) is 11.8 Å². The summed E-state index contributed by atoms with van der Waals surface area (Å²) in [6.45, 7) is 2.09. The van der Waals surface area contributed by atoms with Gasteiger partial charge in [0.05, 0.1) is 19.5 Å². The van der Waals surface area contributed by atoms with E-state index in [0.29, 0.717) is 17.5 Å². The summed E-state index contributed by atoms with van der Waals surface area (Å²) in [4.78, 5) is 4.32. The third kappa shape index (κ3) is 3.71. The monoisotopic (exact) mass is 280 g/mol. The molecule has 0 bridgehead atoms. The van der Waals surface area contributed by atoms with Crippen LogP contribution >= 0.6 is 11.8 Å². The van der Waals surface area contributed by atoms with Crippen molar-refractivity contribution in [3.63, 3.8) is 0 Å². The first kappa shape index (κ1) is 13.9. The average Bonchev–Trinajstić information content (AvgIpc) is 2.93. The lowest BCUT2D eigenvalue weighted by Gasteiger charge is -2.03. The smallest absolute Gasteiger partial charge is 0.236 e. The molecular weight excluding hydrogens is 264 g/mol. The second-order valence-corrected chi connectivity index (χ2v) is 5.47. The highest BCUT2D eigenvalue weighted by molar-refractivity contribution is 7.99. The van der Waals surface area contributed by atoms with Gasteiger partial charge >= 0.3 is 0 Å². The molecule has 0 amide bonds. The van der Waals surface area contributed by atoms with Gasteiger partial charge in [0.1, 0.15) is 5.75 Å². The summed E-state index contributed by atoms with van der Waals surface area (Å²) >= 11 is 1.58. The van der Waals surface area contributed by atoms with Gasteiger partial charge in [0.15, 0.2) is 0 Å². The second kappa shape index (κ2) is 6.58. The lowest BCUT2D eigenvalue weighted by Crippen LogP contribution is -2.02. The van der Waals surface area contributed by atoms with E-state index in [2.05, 4.69) is 10.1 Å². The molecule has 1 aromatic carbocycles. The van der Waals surface area contributed by atoms with Crippen LogP contribution in [0, 0.1) is 0 Å². The molecule has 0 fully saturated rings. The summed E-state index contributed by atoms with van der Waals surface area (Å²) in [5.41, 5.74) is 0.885. The number of aliphatic hydroxyl groups excluding tert-OH is 1. The van der Waals surface area contributed by atoms with Gasteiger partial charge in [0.2, 0.25) is 11.7 Å². The van der Waals surface area contributed by atoms with Gasteiger partial charge in [0, 0.05) is 10.8 Å². The van der Waals surface area contributed by atoms with E-state index in [4.69, 9.17) is 14.4 Å². The van der Waals surface area contributed by atoms with Crippen molar-refractivity contribution < 1.29 is 14.4 Å². The fraction of sp³-hybridized carbons (Fsp3) is 0.385. The molecule has 2 rings (SSSR count). The maximum Gasteiger partial charge on any atom is 0.236 e. The molecular formula is C13H16N2O3S. The van der Waals surface area contributed by atoms with E-state index in [9.17, 15) is 0 Å². The third-order valence-corrected chi connectivity index (χ3v) is 3.70. The molecule has 0 aliphatic heterocycles. The molecule has 0 saturated carbocycles. The summed E-state index contributed by atoms with van der Waals surface area (Å²) in [5, 5.41) is 13.1. The number of aromatic nitrogens is 2. The normalized spacial score (nSPS) is 12.4. The van der Waals surface area contributed by atoms with Crippen LogP contribution in [0.1, 0.15) is 12.8 Å². The number of benzene rings is 1. The van der Waals surface area contributed by atoms with Crippen LogP contribution in [0.2, 0.25) is 0 Å². The molecule has 1 heterocycles. The van der Waals surface area contributed by atoms with Crippen LogP contribution in [0.4, 0.5) is 0 Å². The zero-order valence-electron chi connectivity index (χ0n) is 10.9. The summed E-state index contributed by atoms with van der Waals surface area (Å²) in [6.07, 6.45) is 0. The van der Waals surface area contributed by atoms with Crippen LogP contribution in [0.5, 0.6) is 5.75 Å². The van der Waals surface area contributed by atoms with Crippen molar-refractivity contribution in [2.24, 2.45) is 0 Å². The Morgan fingerprint density at radius 3 is 2.74 bits per heavy atom. The molecule has 5 nitrogen and oxygen atoms in total. The third-order valence-electron chi connectivity index (χ3n) is 2.56. The molecule has 0 aliphatic carbocycles. The Hall–Kier alpha value is -1.53. The van der Waals surface area contributed by atoms with E-state index in [0.717, 1.165) is 11.3 Å². The fourth-order valence-corrected chi connectivity index (χ4v) is 2.09. The van der Waals surface area contributed by atoms with Crippen LogP contribution in [0.3, 0.4) is 0 Å². The van der Waals surface area contributed by atoms with Crippen LogP contribution in [0.15, 0.2) is 28.8 Å². The summed E-state index contributed by atoms with van der Waals surface area (Å²) in [5.74, 6) is 2.52. The molecule has 0 radical (unpaired) electrons. The van der Waals surface area contributed by atoms with Crippen LogP contribution in [0.25, 0.3) is 11.4 Å². The Kier molecular flexibility index (Phi) is 4.81. The predicted molar refractivity (Wildman–Crippen MR) is 74.1 cm³/mol. The van der Waals surface area contributed by atoms with Gasteiger partial charge in [-0.1, -0.05) is 12.1 Å². The first-order valence-corrected chi connectivity index (χ1v) is 6.97. The predicted octanol–water partition coefficient (Wildman–Crippen LogP) is 2.36. The first-order valence-electron chi connectivity index (χ1n) is 5.92. The standard InChI is InChI=1S/C13H16N2O3S/c1-9(7-16)19-8-12-14-13(15-18-12)10-3-5-11(17-2)6-4-10/h3-6,9,16H,7-8H2,1-2H3. The number of aliphatic hydroxyl groups is 1. The number of ether oxygens (including phenoxy) is 1. The number of hydrogen-bond acceptors (Lipinski definition) is 6. The number of rotatable bonds is 6. The van der Waals surface area contributed by atoms with Gasteiger partial charge in [-0.3, -0.25) is 0 Å². The Balaban J connectivity index is 2.03. The summed E-state index contributed by atoms with van der Waals surface area (Å²) in [7, 11) is 1.63. The molecule has 2 aromatic rings. The largest absolute Gasteiger partial charge is 0.497 e. The molecule has 1 unspecified atom stereocenters. The van der Waals surface area contributed by atoms with E-state index in [-0.39, 0.29) is 11.9 Å². The minimum absolute atomic E-state index is 0.143. The molecule has 0 spiro atoms. The SMILES string of the molecule is COc1ccc(-c2noc(CSC(C)CO)n2)cc1. The van der Waals surface area contributed by atoms with Crippen molar-refractivity contribution in [1.82, 2.24) is 10.1 Å². The van der Waals surface area contributed by atoms with E-state index in [1.54, 1.807) is 18.9 Å². The Bertz CT molecular complexity index is 513. The zero-order chi connectivity index (χ0) is 13.7. The number of methoxy groups -OCH3 is 1. The Morgan fingerprint density at radius 2 is 2.11 bits per heavy atom. The highest BCUT2D eigenvalue weighted by Crippen LogP contribution is 2.22. The molecule has 1 atom stereocenters. The number of hydrogen-bond donors (Lipinski definition) is 1. The van der Waals surface area contributed by atoms with Crippen molar-refractivity contribution in [1.29, 1.82) is 0 Å². The lowest BCUT2D eigenvalue weighted by molar-refractivity contribution is 0.300. The van der Waals surface area contributed by atoms with E-state index in [1.165, 1.54) is 0 Å². The quantitative estimate of drug-likeness (QED) is 0.876. The van der Waals surface area contributed by atoms with Gasteiger partial charge in [-0.2, -0.15) is 4.98 Å². The molecule has 0 aliphatic rings. The van der Waals surface area contributed by atoms with Crippen molar-refractivity contribution in [2.75, 3.05) is 13.7 Å². The Labute approximate surface area is 116 Å². The van der Waals surface area contributed by atoms with Crippen molar-refractivity contribution >= 4 is 11.8 Å². The van der Waals surface area contributed by atoms with Crippen LogP contribution < -0.4 is 4.74 Å². The molecule has 6 heteroatoms. The first-order chi connectivity index (χ1) is 9.22. The maximum atomic E-state index is 8.95. The molecule has 1 aromatic heterocycles. The molecule has 102 valence electrons. The van der Waals surface area contributed by atoms with Gasteiger partial charge in [-0.05, 0) is 24.3 Å². The fourth-order valence-electron chi connectivity index (χ4n) is 1.44. The molecule has 19 heavy (non-hydrogen) atoms. The number of thioether (sulfide) groups is 1. The minimum atomic E-state index is 0.143. The molecule has 0 saturated heterocycles. The molecule has 1 N–H and O–H groups in total. The second-order valence-electron chi connectivity index (χ2n) is 4.04. The van der Waals surface area contributed by atoms with E-state index >= 15 is 0 Å². The Morgan fingerprint density at radius 1 is 1.37 bits per heavy atom. The van der Waals surface area contributed by atoms with E-state index < -0.39 is 0 Å². The number of nitrogens with zero attached hydrogens (tertiary/aromatic N) is 2. The van der Waals surface area contributed by atoms with Crippen molar-refractivity contribution in [2.45, 2.75) is 17.9 Å². The van der Waals surface area contributed by atoms with Crippen LogP contribution in [-0.2, 0) is 5.75 Å². The van der Waals surface area contributed by atoms with Crippen molar-refractivity contribution in [3.05, 3.63) is 30.2 Å².